The van der Waals surface area contributed by atoms with Gasteiger partial charge in [-0.1, -0.05) is 358 Å². The van der Waals surface area contributed by atoms with Crippen LogP contribution >= 0.6 is 11.8 Å². The number of hydrogen-bond donors (Lipinski definition) is 0. The van der Waals surface area contributed by atoms with Crippen molar-refractivity contribution in [1.82, 2.24) is 29.9 Å². The largest absolute Gasteiger partial charge is 0.310 e. The van der Waals surface area contributed by atoms with E-state index in [1.54, 1.807) is 0 Å². The minimum Gasteiger partial charge on any atom is -0.310 e. The number of nitrogens with zero attached hydrogens (tertiary/aromatic N) is 7. The van der Waals surface area contributed by atoms with Crippen LogP contribution in [-0.2, 0) is 10.8 Å². The summed E-state index contributed by atoms with van der Waals surface area (Å²) >= 11 is 1.88. The molecule has 0 bridgehead atoms. The molecule has 0 fully saturated rings. The molecule has 576 valence electrons. The first-order valence-electron chi connectivity index (χ1n) is 42.3. The summed E-state index contributed by atoms with van der Waals surface area (Å²) in [6, 6.07) is 155. The van der Waals surface area contributed by atoms with Crippen LogP contribution in [0.5, 0.6) is 0 Å². The van der Waals surface area contributed by atoms with Crippen LogP contribution in [-0.4, -0.2) is 29.9 Å². The van der Waals surface area contributed by atoms with Gasteiger partial charge in [0.25, 0.3) is 0 Å². The molecule has 124 heavy (non-hydrogen) atoms. The van der Waals surface area contributed by atoms with Crippen LogP contribution in [0.15, 0.2) is 441 Å². The molecule has 8 heteroatoms. The van der Waals surface area contributed by atoms with E-state index in [0.717, 1.165) is 128 Å². The highest BCUT2D eigenvalue weighted by molar-refractivity contribution is 7.99. The second-order valence-corrected chi connectivity index (χ2v) is 33.6. The van der Waals surface area contributed by atoms with Crippen LogP contribution in [0.3, 0.4) is 0 Å². The Labute approximate surface area is 720 Å². The van der Waals surface area contributed by atoms with Crippen molar-refractivity contribution in [2.45, 2.75) is 20.6 Å². The zero-order valence-electron chi connectivity index (χ0n) is 67.0. The van der Waals surface area contributed by atoms with E-state index in [0.29, 0.717) is 5.82 Å². The summed E-state index contributed by atoms with van der Waals surface area (Å²) in [5, 5.41) is 9.05. The van der Waals surface area contributed by atoms with Gasteiger partial charge in [0, 0.05) is 86.7 Å². The van der Waals surface area contributed by atoms with Crippen molar-refractivity contribution >= 4 is 94.0 Å². The number of para-hydroxylation sites is 4. The third kappa shape index (κ3) is 10.9. The summed E-state index contributed by atoms with van der Waals surface area (Å²) in [6.45, 7) is 0. The Hall–Kier alpha value is -15.9. The molecule has 0 amide bonds. The van der Waals surface area contributed by atoms with Gasteiger partial charge in [-0.2, -0.15) is 0 Å². The Morgan fingerprint density at radius 3 is 1.31 bits per heavy atom. The highest BCUT2D eigenvalue weighted by Gasteiger charge is 2.53. The molecule has 4 aliphatic rings. The third-order valence-corrected chi connectivity index (χ3v) is 27.1. The molecule has 7 nitrogen and oxygen atoms in total. The zero-order chi connectivity index (χ0) is 81.6. The van der Waals surface area contributed by atoms with Gasteiger partial charge < -0.3 is 4.90 Å². The molecule has 17 aromatic carbocycles. The quantitative estimate of drug-likeness (QED) is 0.139. The summed E-state index contributed by atoms with van der Waals surface area (Å²) in [4.78, 5) is 36.7. The lowest BCUT2D eigenvalue weighted by Gasteiger charge is -2.45. The average Bonchev–Trinajstić information content (AvgIpc) is 1.49. The summed E-state index contributed by atoms with van der Waals surface area (Å²) in [5.74, 6) is 0.700. The van der Waals surface area contributed by atoms with Crippen LogP contribution in [0.4, 0.5) is 17.1 Å². The number of rotatable bonds is 8. The highest BCUT2D eigenvalue weighted by atomic mass is 32.2. The molecule has 0 saturated carbocycles. The normalized spacial score (nSPS) is 13.2. The van der Waals surface area contributed by atoms with Crippen molar-refractivity contribution in [3.8, 4) is 101 Å². The van der Waals surface area contributed by atoms with Gasteiger partial charge in [-0.05, 0) is 162 Å². The Bertz CT molecular complexity index is 7990. The smallest absolute Gasteiger partial charge is 0.160 e. The minimum absolute atomic E-state index is 0.477. The average molecular weight is 1590 g/mol. The first-order chi connectivity index (χ1) is 61.5. The van der Waals surface area contributed by atoms with Gasteiger partial charge in [-0.25, -0.2) is 29.9 Å². The van der Waals surface area contributed by atoms with Crippen molar-refractivity contribution in [1.29, 1.82) is 0 Å². The van der Waals surface area contributed by atoms with E-state index >= 15 is 0 Å². The predicted molar refractivity (Wildman–Crippen MR) is 510 cm³/mol. The van der Waals surface area contributed by atoms with Gasteiger partial charge in [-0.15, -0.1) is 0 Å². The van der Waals surface area contributed by atoms with Crippen molar-refractivity contribution < 1.29 is 0 Å². The van der Waals surface area contributed by atoms with E-state index in [1.165, 1.54) is 104 Å². The lowest BCUT2D eigenvalue weighted by atomic mass is 9.64. The van der Waals surface area contributed by atoms with E-state index in [-0.39, 0.29) is 0 Å². The summed E-state index contributed by atoms with van der Waals surface area (Å²) in [6.07, 6.45) is 0. The Morgan fingerprint density at radius 1 is 0.226 bits per heavy atom. The first-order valence-corrected chi connectivity index (χ1v) is 43.1. The van der Waals surface area contributed by atoms with E-state index in [1.807, 2.05) is 42.1 Å². The molecule has 0 radical (unpaired) electrons. The van der Waals surface area contributed by atoms with E-state index in [4.69, 9.17) is 29.9 Å². The maximum absolute atomic E-state index is 5.58. The molecular weight excluding hydrogens is 1520 g/mol. The Kier molecular flexibility index (Phi) is 16.3. The lowest BCUT2D eigenvalue weighted by molar-refractivity contribution is 0.723. The predicted octanol–water partition coefficient (Wildman–Crippen LogP) is 29.3. The topological polar surface area (TPSA) is 80.6 Å². The van der Waals surface area contributed by atoms with Gasteiger partial charge in [0.05, 0.1) is 78.4 Å². The number of fused-ring (bicyclic) bond motifs is 28. The fourth-order valence-corrected chi connectivity index (χ4v) is 21.8. The SMILES string of the molecule is c1ccc(-c2cc(-c3ccc(-c4nc5ccccc5c5cc6c(cc45)-c4ccccc4C64c5ccccc5N(c5ccccc5)c5ccccc54)cc3)nc(-c3ccccc3)n2)cc1.c1ccc(-c2ccc3ccc4ccc(-c5ccc6nc(-c7ccccc7)c7c8c(ccc7c6c5)C5(c6ccccc6Sc6ccccc65)c5ccccc5-8)nc4c3n2)cc1. The molecule has 0 unspecified atom stereocenters. The van der Waals surface area contributed by atoms with Crippen LogP contribution in [0.2, 0.25) is 0 Å². The maximum atomic E-state index is 5.58. The molecule has 2 aliphatic carbocycles. The fourth-order valence-electron chi connectivity index (χ4n) is 20.6. The standard InChI is InChI=1S/C60H38N4.C56H33N3S/c1-4-18-39(19-5-1)54-38-55(63-59(62-54)42-20-6-2-7-21-42)40-32-34-41(35-33-40)58-48-36-47-44-24-10-12-26-49(44)60(52(47)37-46(48)45-25-11-15-29-53(45)61-58)50-27-13-16-30-56(50)64(43-22-8-3-9-23-43)57-31-17-14-28-51(57)60;1-3-13-34(14-4-1)46-30-25-36-23-24-37-26-31-47(58-55(37)54(36)57-46)38-27-32-48-41(33-38)39-28-29-45-51(52(39)53(59-48)35-15-5-2-6-16-35)40-17-7-8-18-42(40)56(45)43-19-9-11-21-49(43)60-50-22-12-10-20-44(50)56/h1-38H;1-33H. The molecule has 0 saturated heterocycles. The number of hydrogen-bond acceptors (Lipinski definition) is 8. The molecule has 7 heterocycles. The molecule has 2 spiro atoms. The minimum atomic E-state index is -0.556. The molecule has 26 rings (SSSR count). The second kappa shape index (κ2) is 28.4. The van der Waals surface area contributed by atoms with Crippen LogP contribution < -0.4 is 4.90 Å². The second-order valence-electron chi connectivity index (χ2n) is 32.5. The van der Waals surface area contributed by atoms with Gasteiger partial charge in [-0.3, -0.25) is 0 Å². The Balaban J connectivity index is 0.000000136. The van der Waals surface area contributed by atoms with Crippen LogP contribution in [0, 0.1) is 0 Å². The van der Waals surface area contributed by atoms with Gasteiger partial charge in [0.2, 0.25) is 0 Å². The molecule has 0 atom stereocenters. The lowest BCUT2D eigenvalue weighted by Crippen LogP contribution is -2.36. The van der Waals surface area contributed by atoms with Crippen molar-refractivity contribution in [3.05, 3.63) is 475 Å². The molecular formula is C116H71N7S. The maximum Gasteiger partial charge on any atom is 0.160 e. The third-order valence-electron chi connectivity index (χ3n) is 26.0. The molecule has 2 aliphatic heterocycles. The van der Waals surface area contributed by atoms with Crippen molar-refractivity contribution in [2.75, 3.05) is 4.90 Å². The summed E-state index contributed by atoms with van der Waals surface area (Å²) in [5.41, 5.74) is 34.5. The molecule has 5 aromatic heterocycles. The van der Waals surface area contributed by atoms with Crippen molar-refractivity contribution in [3.63, 3.8) is 0 Å². The van der Waals surface area contributed by atoms with E-state index < -0.39 is 10.8 Å². The molecule has 22 aromatic rings. The van der Waals surface area contributed by atoms with Crippen molar-refractivity contribution in [2.24, 2.45) is 0 Å². The molecule has 0 N–H and O–H groups in total. The van der Waals surface area contributed by atoms with Crippen LogP contribution in [0.1, 0.15) is 44.5 Å². The zero-order valence-corrected chi connectivity index (χ0v) is 67.8. The van der Waals surface area contributed by atoms with E-state index in [2.05, 4.69) is 405 Å². The van der Waals surface area contributed by atoms with Gasteiger partial charge >= 0.3 is 0 Å². The van der Waals surface area contributed by atoms with Crippen LogP contribution in [0.25, 0.3) is 166 Å². The number of aromatic nitrogens is 6. The summed E-state index contributed by atoms with van der Waals surface area (Å²) in [7, 11) is 0. The highest BCUT2D eigenvalue weighted by Crippen LogP contribution is 2.66. The summed E-state index contributed by atoms with van der Waals surface area (Å²) < 4.78 is 0. The number of benzene rings is 17. The number of pyridine rings is 4. The first kappa shape index (κ1) is 71.1. The Morgan fingerprint density at radius 2 is 0.677 bits per heavy atom. The monoisotopic (exact) mass is 1590 g/mol. The van der Waals surface area contributed by atoms with Gasteiger partial charge in [0.15, 0.2) is 5.82 Å². The van der Waals surface area contributed by atoms with E-state index in [9.17, 15) is 0 Å². The van der Waals surface area contributed by atoms with Gasteiger partial charge in [0.1, 0.15) is 0 Å². The fraction of sp³-hybridized carbons (Fsp3) is 0.0172. The number of anilines is 3.